The van der Waals surface area contributed by atoms with Crippen LogP contribution in [0, 0.1) is 0 Å². The normalized spacial score (nSPS) is 11.2. The largest absolute Gasteiger partial charge is 0.507 e. The lowest BCUT2D eigenvalue weighted by atomic mass is 9.97. The Balaban J connectivity index is 1.71. The summed E-state index contributed by atoms with van der Waals surface area (Å²) in [7, 11) is 0. The molecule has 4 nitrogen and oxygen atoms in total. The monoisotopic (exact) mass is 340 g/mol. The Kier molecular flexibility index (Phi) is 4.07. The van der Waals surface area contributed by atoms with E-state index in [9.17, 15) is 10.2 Å². The average molecular weight is 340 g/mol. The van der Waals surface area contributed by atoms with Crippen LogP contribution in [0.1, 0.15) is 0 Å². The SMILES string of the molecule is Oc1ccc(-c2ccc(N=Nc3ccccc3)cc2)c2c(O)cccc12. The van der Waals surface area contributed by atoms with Gasteiger partial charge in [-0.25, -0.2) is 0 Å². The molecule has 0 spiro atoms. The quantitative estimate of drug-likeness (QED) is 0.428. The summed E-state index contributed by atoms with van der Waals surface area (Å²) in [5.41, 5.74) is 3.31. The third-order valence-corrected chi connectivity index (χ3v) is 4.21. The van der Waals surface area contributed by atoms with Gasteiger partial charge in [0.05, 0.1) is 11.4 Å². The fourth-order valence-electron chi connectivity index (χ4n) is 2.93. The molecule has 2 N–H and O–H groups in total. The summed E-state index contributed by atoms with van der Waals surface area (Å²) in [6, 6.07) is 25.7. The van der Waals surface area contributed by atoms with Crippen molar-refractivity contribution in [2.75, 3.05) is 0 Å². The minimum absolute atomic E-state index is 0.140. The van der Waals surface area contributed by atoms with E-state index in [0.29, 0.717) is 10.8 Å². The number of phenols is 2. The number of hydrogen-bond donors (Lipinski definition) is 2. The number of fused-ring (bicyclic) bond motifs is 1. The van der Waals surface area contributed by atoms with Crippen molar-refractivity contribution in [1.29, 1.82) is 0 Å². The van der Waals surface area contributed by atoms with Crippen molar-refractivity contribution >= 4 is 22.1 Å². The summed E-state index contributed by atoms with van der Waals surface area (Å²) in [6.07, 6.45) is 0. The smallest absolute Gasteiger partial charge is 0.124 e. The fraction of sp³-hybridized carbons (Fsp3) is 0. The van der Waals surface area contributed by atoms with Gasteiger partial charge >= 0.3 is 0 Å². The second-order valence-corrected chi connectivity index (χ2v) is 5.91. The van der Waals surface area contributed by atoms with Crippen LogP contribution in [0.25, 0.3) is 21.9 Å². The summed E-state index contributed by atoms with van der Waals surface area (Å²) < 4.78 is 0. The number of phenolic OH excluding ortho intramolecular Hbond substituents is 2. The molecule has 4 heteroatoms. The van der Waals surface area contributed by atoms with E-state index in [4.69, 9.17) is 0 Å². The van der Waals surface area contributed by atoms with Gasteiger partial charge < -0.3 is 10.2 Å². The highest BCUT2D eigenvalue weighted by Crippen LogP contribution is 2.39. The van der Waals surface area contributed by atoms with Crippen molar-refractivity contribution in [2.24, 2.45) is 10.2 Å². The van der Waals surface area contributed by atoms with Crippen LogP contribution in [-0.4, -0.2) is 10.2 Å². The zero-order valence-electron chi connectivity index (χ0n) is 13.9. The van der Waals surface area contributed by atoms with Crippen molar-refractivity contribution < 1.29 is 10.2 Å². The maximum Gasteiger partial charge on any atom is 0.124 e. The molecule has 126 valence electrons. The third-order valence-electron chi connectivity index (χ3n) is 4.21. The molecule has 0 radical (unpaired) electrons. The lowest BCUT2D eigenvalue weighted by Gasteiger charge is -2.10. The predicted molar refractivity (Wildman–Crippen MR) is 103 cm³/mol. The van der Waals surface area contributed by atoms with Gasteiger partial charge in [-0.15, -0.1) is 0 Å². The highest BCUT2D eigenvalue weighted by atomic mass is 16.3. The molecule has 0 fully saturated rings. The van der Waals surface area contributed by atoms with E-state index in [1.165, 1.54) is 0 Å². The summed E-state index contributed by atoms with van der Waals surface area (Å²) >= 11 is 0. The van der Waals surface area contributed by atoms with Crippen molar-refractivity contribution in [1.82, 2.24) is 0 Å². The number of aromatic hydroxyl groups is 2. The molecule has 0 saturated carbocycles. The van der Waals surface area contributed by atoms with E-state index < -0.39 is 0 Å². The number of rotatable bonds is 3. The molecule has 26 heavy (non-hydrogen) atoms. The minimum Gasteiger partial charge on any atom is -0.507 e. The first-order valence-corrected chi connectivity index (χ1v) is 8.23. The highest BCUT2D eigenvalue weighted by Gasteiger charge is 2.11. The van der Waals surface area contributed by atoms with Gasteiger partial charge in [-0.1, -0.05) is 42.5 Å². The van der Waals surface area contributed by atoms with Gasteiger partial charge in [0.2, 0.25) is 0 Å². The molecule has 0 aromatic heterocycles. The van der Waals surface area contributed by atoms with Crippen molar-refractivity contribution in [3.8, 4) is 22.6 Å². The van der Waals surface area contributed by atoms with E-state index in [1.54, 1.807) is 30.3 Å². The van der Waals surface area contributed by atoms with Crippen LogP contribution in [0.15, 0.2) is 95.2 Å². The van der Waals surface area contributed by atoms with Gasteiger partial charge in [0.25, 0.3) is 0 Å². The number of benzene rings is 4. The van der Waals surface area contributed by atoms with Crippen molar-refractivity contribution in [3.05, 3.63) is 84.9 Å². The van der Waals surface area contributed by atoms with Crippen molar-refractivity contribution in [3.63, 3.8) is 0 Å². The Morgan fingerprint density at radius 3 is 1.96 bits per heavy atom. The second kappa shape index (κ2) is 6.69. The Morgan fingerprint density at radius 1 is 0.538 bits per heavy atom. The molecule has 0 heterocycles. The molecule has 4 rings (SSSR count). The predicted octanol–water partition coefficient (Wildman–Crippen LogP) is 6.33. The Labute approximate surface area is 150 Å². The molecule has 0 aliphatic carbocycles. The van der Waals surface area contributed by atoms with Gasteiger partial charge in [0, 0.05) is 10.8 Å². The van der Waals surface area contributed by atoms with Crippen LogP contribution in [0.3, 0.4) is 0 Å². The molecule has 0 aliphatic heterocycles. The molecule has 4 aromatic carbocycles. The molecular formula is C22H16N2O2. The lowest BCUT2D eigenvalue weighted by molar-refractivity contribution is 0.476. The average Bonchev–Trinajstić information content (AvgIpc) is 2.69. The topological polar surface area (TPSA) is 65.2 Å². The van der Waals surface area contributed by atoms with Crippen molar-refractivity contribution in [2.45, 2.75) is 0 Å². The summed E-state index contributed by atoms with van der Waals surface area (Å²) in [4.78, 5) is 0. The van der Waals surface area contributed by atoms with Crippen LogP contribution in [0.2, 0.25) is 0 Å². The fourth-order valence-corrected chi connectivity index (χ4v) is 2.93. The lowest BCUT2D eigenvalue weighted by Crippen LogP contribution is -1.83. The summed E-state index contributed by atoms with van der Waals surface area (Å²) in [6.45, 7) is 0. The maximum absolute atomic E-state index is 10.3. The van der Waals surface area contributed by atoms with Crippen LogP contribution in [0.4, 0.5) is 11.4 Å². The van der Waals surface area contributed by atoms with E-state index in [2.05, 4.69) is 10.2 Å². The molecule has 0 saturated heterocycles. The number of hydrogen-bond acceptors (Lipinski definition) is 4. The van der Waals surface area contributed by atoms with Gasteiger partial charge in [-0.3, -0.25) is 0 Å². The van der Waals surface area contributed by atoms with E-state index in [0.717, 1.165) is 22.5 Å². The second-order valence-electron chi connectivity index (χ2n) is 5.91. The van der Waals surface area contributed by atoms with Gasteiger partial charge in [-0.05, 0) is 53.6 Å². The highest BCUT2D eigenvalue weighted by molar-refractivity contribution is 6.03. The molecule has 0 amide bonds. The standard InChI is InChI=1S/C22H16N2O2/c25-20-14-13-18(22-19(20)7-4-8-21(22)26)15-9-11-17(12-10-15)24-23-16-5-2-1-3-6-16/h1-14,25-26H. The van der Waals surface area contributed by atoms with Crippen LogP contribution in [0.5, 0.6) is 11.5 Å². The zero-order chi connectivity index (χ0) is 17.9. The number of azo groups is 1. The van der Waals surface area contributed by atoms with E-state index >= 15 is 0 Å². The van der Waals surface area contributed by atoms with E-state index in [1.807, 2.05) is 54.6 Å². The molecule has 0 atom stereocenters. The van der Waals surface area contributed by atoms with Crippen LogP contribution in [-0.2, 0) is 0 Å². The molecular weight excluding hydrogens is 324 g/mol. The van der Waals surface area contributed by atoms with Crippen LogP contribution < -0.4 is 0 Å². The van der Waals surface area contributed by atoms with Crippen LogP contribution >= 0.6 is 0 Å². The molecule has 0 bridgehead atoms. The maximum atomic E-state index is 10.3. The zero-order valence-corrected chi connectivity index (χ0v) is 13.9. The first-order valence-electron chi connectivity index (χ1n) is 8.23. The summed E-state index contributed by atoms with van der Waals surface area (Å²) in [5.74, 6) is 0.286. The first kappa shape index (κ1) is 15.8. The Morgan fingerprint density at radius 2 is 1.23 bits per heavy atom. The van der Waals surface area contributed by atoms with Gasteiger partial charge in [0.1, 0.15) is 11.5 Å². The molecule has 4 aromatic rings. The first-order chi connectivity index (χ1) is 12.7. The third kappa shape index (κ3) is 3.00. The molecule has 0 aliphatic rings. The molecule has 0 unspecified atom stereocenters. The minimum atomic E-state index is 0.140. The number of nitrogens with zero attached hydrogens (tertiary/aromatic N) is 2. The van der Waals surface area contributed by atoms with Gasteiger partial charge in [0.15, 0.2) is 0 Å². The Bertz CT molecular complexity index is 1090. The Hall–Kier alpha value is -3.66. The van der Waals surface area contributed by atoms with Gasteiger partial charge in [-0.2, -0.15) is 10.2 Å². The summed E-state index contributed by atoms with van der Waals surface area (Å²) in [5, 5.41) is 30.0. The van der Waals surface area contributed by atoms with E-state index in [-0.39, 0.29) is 11.5 Å².